The number of alkyl halides is 2. The molecule has 3 aliphatic rings. The summed E-state index contributed by atoms with van der Waals surface area (Å²) in [6, 6.07) is 6.34. The molecule has 0 radical (unpaired) electrons. The molecule has 1 heterocycles. The van der Waals surface area contributed by atoms with E-state index in [1.807, 2.05) is 0 Å². The van der Waals surface area contributed by atoms with Crippen molar-refractivity contribution in [2.75, 3.05) is 4.90 Å². The van der Waals surface area contributed by atoms with Crippen molar-refractivity contribution in [1.29, 1.82) is 0 Å². The molecule has 1 N–H and O–H groups in total. The number of hydrogen-bond acceptors (Lipinski definition) is 3. The molecule has 1 aromatic carbocycles. The van der Waals surface area contributed by atoms with Gasteiger partial charge in [-0.25, -0.2) is 4.90 Å². The van der Waals surface area contributed by atoms with E-state index in [-0.39, 0.29) is 50.9 Å². The van der Waals surface area contributed by atoms with E-state index in [0.717, 1.165) is 6.42 Å². The van der Waals surface area contributed by atoms with E-state index in [1.165, 1.54) is 17.0 Å². The monoisotopic (exact) mass is 413 g/mol. The van der Waals surface area contributed by atoms with Crippen LogP contribution < -0.4 is 4.90 Å². The molecule has 4 nitrogen and oxygen atoms in total. The number of carbonyl (C=O) groups excluding carboxylic acids is 2. The molecule has 3 fully saturated rings. The molecule has 0 unspecified atom stereocenters. The number of phenols is 1. The van der Waals surface area contributed by atoms with Crippen LogP contribution in [0.3, 0.4) is 0 Å². The van der Waals surface area contributed by atoms with E-state index >= 15 is 0 Å². The SMILES string of the molecule is O=C1[C@@H]2[C@@H]3C[C@@H]([C@H](Br)[C@H]3Br)[C@@H]2C(=O)N1c1cccc(O)c1. The van der Waals surface area contributed by atoms with Gasteiger partial charge in [-0.15, -0.1) is 0 Å². The van der Waals surface area contributed by atoms with Crippen LogP contribution in [0.4, 0.5) is 5.69 Å². The van der Waals surface area contributed by atoms with Gasteiger partial charge in [0.25, 0.3) is 0 Å². The topological polar surface area (TPSA) is 57.6 Å². The summed E-state index contributed by atoms with van der Waals surface area (Å²) in [6.07, 6.45) is 0.923. The Labute approximate surface area is 138 Å². The number of halogens is 2. The Kier molecular flexibility index (Phi) is 2.99. The first kappa shape index (κ1) is 13.8. The number of anilines is 1. The lowest BCUT2D eigenvalue weighted by molar-refractivity contribution is -0.123. The van der Waals surface area contributed by atoms with E-state index in [4.69, 9.17) is 0 Å². The predicted octanol–water partition coefficient (Wildman–Crippen LogP) is 2.67. The fourth-order valence-corrected chi connectivity index (χ4v) is 6.11. The second-order valence-electron chi connectivity index (χ2n) is 6.04. The molecule has 1 aliphatic heterocycles. The second-order valence-corrected chi connectivity index (χ2v) is 8.15. The maximum atomic E-state index is 12.7. The quantitative estimate of drug-likeness (QED) is 0.567. The van der Waals surface area contributed by atoms with Crippen molar-refractivity contribution in [3.05, 3.63) is 24.3 Å². The summed E-state index contributed by atoms with van der Waals surface area (Å²) in [5.41, 5.74) is 0.469. The average Bonchev–Trinajstić information content (AvgIpc) is 3.04. The third kappa shape index (κ3) is 1.72. The number of amides is 2. The molecule has 6 heteroatoms. The highest BCUT2D eigenvalue weighted by Gasteiger charge is 2.66. The van der Waals surface area contributed by atoms with E-state index in [1.54, 1.807) is 12.1 Å². The van der Waals surface area contributed by atoms with Gasteiger partial charge in [0, 0.05) is 15.7 Å². The van der Waals surface area contributed by atoms with E-state index < -0.39 is 0 Å². The third-order valence-electron chi connectivity index (χ3n) is 5.08. The van der Waals surface area contributed by atoms with Crippen LogP contribution >= 0.6 is 31.9 Å². The van der Waals surface area contributed by atoms with Gasteiger partial charge < -0.3 is 5.11 Å². The molecule has 21 heavy (non-hydrogen) atoms. The summed E-state index contributed by atoms with van der Waals surface area (Å²) >= 11 is 7.33. The fraction of sp³-hybridized carbons (Fsp3) is 0.467. The van der Waals surface area contributed by atoms with Gasteiger partial charge in [-0.05, 0) is 30.4 Å². The molecular formula is C15H13Br2NO3. The van der Waals surface area contributed by atoms with Crippen molar-refractivity contribution in [2.24, 2.45) is 23.7 Å². The van der Waals surface area contributed by atoms with Crippen LogP contribution in [0.1, 0.15) is 6.42 Å². The van der Waals surface area contributed by atoms with Crippen molar-refractivity contribution < 1.29 is 14.7 Å². The first-order valence-corrected chi connectivity index (χ1v) is 8.79. The number of aromatic hydroxyl groups is 1. The van der Waals surface area contributed by atoms with Crippen molar-refractivity contribution in [2.45, 2.75) is 16.1 Å². The van der Waals surface area contributed by atoms with E-state index in [0.29, 0.717) is 5.69 Å². The summed E-state index contributed by atoms with van der Waals surface area (Å²) in [4.78, 5) is 27.2. The largest absolute Gasteiger partial charge is 0.508 e. The standard InChI is InChI=1S/C15H13Br2NO3/c16-12-8-5-9(13(12)17)11-10(8)14(20)18(15(11)21)6-2-1-3-7(19)4-6/h1-4,8-13,19H,5H2/t8-,9+,10+,11-,12-,13-/m0/s1. The Morgan fingerprint density at radius 1 is 1.05 bits per heavy atom. The van der Waals surface area contributed by atoms with Gasteiger partial charge in [-0.2, -0.15) is 0 Å². The van der Waals surface area contributed by atoms with Gasteiger partial charge in [-0.1, -0.05) is 37.9 Å². The maximum Gasteiger partial charge on any atom is 0.238 e. The van der Waals surface area contributed by atoms with Crippen LogP contribution in [0, 0.1) is 23.7 Å². The van der Waals surface area contributed by atoms with Gasteiger partial charge >= 0.3 is 0 Å². The van der Waals surface area contributed by atoms with Crippen molar-refractivity contribution in [3.8, 4) is 5.75 Å². The minimum absolute atomic E-state index is 0.0601. The number of carbonyl (C=O) groups is 2. The number of phenolic OH excluding ortho intramolecular Hbond substituents is 1. The number of rotatable bonds is 1. The molecule has 2 aliphatic carbocycles. The first-order chi connectivity index (χ1) is 10.0. The zero-order chi connectivity index (χ0) is 14.9. The zero-order valence-corrected chi connectivity index (χ0v) is 14.1. The summed E-state index contributed by atoms with van der Waals surface area (Å²) in [5.74, 6) is -0.193. The van der Waals surface area contributed by atoms with Crippen LogP contribution in [0.15, 0.2) is 24.3 Å². The molecular weight excluding hydrogens is 402 g/mol. The summed E-state index contributed by atoms with van der Waals surface area (Å²) < 4.78 is 0. The van der Waals surface area contributed by atoms with Crippen molar-refractivity contribution >= 4 is 49.4 Å². The molecule has 0 aromatic heterocycles. The number of nitrogens with zero attached hydrogens (tertiary/aromatic N) is 1. The number of fused-ring (bicyclic) bond motifs is 5. The van der Waals surface area contributed by atoms with E-state index in [9.17, 15) is 14.7 Å². The molecule has 2 bridgehead atoms. The van der Waals surface area contributed by atoms with Crippen LogP contribution in [-0.4, -0.2) is 26.6 Å². The normalized spacial score (nSPS) is 41.0. The lowest BCUT2D eigenvalue weighted by Crippen LogP contribution is -2.37. The maximum absolute atomic E-state index is 12.7. The highest BCUT2D eigenvalue weighted by Crippen LogP contribution is 2.60. The first-order valence-electron chi connectivity index (χ1n) is 6.95. The van der Waals surface area contributed by atoms with Gasteiger partial charge in [-0.3, -0.25) is 9.59 Å². The Balaban J connectivity index is 1.75. The predicted molar refractivity (Wildman–Crippen MR) is 84.6 cm³/mol. The lowest BCUT2D eigenvalue weighted by Gasteiger charge is -2.28. The Morgan fingerprint density at radius 3 is 2.14 bits per heavy atom. The van der Waals surface area contributed by atoms with Gasteiger partial charge in [0.1, 0.15) is 5.75 Å². The summed E-state index contributed by atoms with van der Waals surface area (Å²) in [7, 11) is 0. The molecule has 1 saturated heterocycles. The molecule has 110 valence electrons. The molecule has 6 atom stereocenters. The third-order valence-corrected chi connectivity index (χ3v) is 8.28. The van der Waals surface area contributed by atoms with E-state index in [2.05, 4.69) is 31.9 Å². The molecule has 4 rings (SSSR count). The van der Waals surface area contributed by atoms with Gasteiger partial charge in [0.2, 0.25) is 11.8 Å². The number of hydrogen-bond donors (Lipinski definition) is 1. The summed E-state index contributed by atoms with van der Waals surface area (Å²) in [6.45, 7) is 0. The van der Waals surface area contributed by atoms with Crippen LogP contribution in [0.5, 0.6) is 5.75 Å². The molecule has 1 aromatic rings. The summed E-state index contributed by atoms with van der Waals surface area (Å²) in [5, 5.41) is 9.59. The van der Waals surface area contributed by atoms with Gasteiger partial charge in [0.15, 0.2) is 0 Å². The lowest BCUT2D eigenvalue weighted by atomic mass is 9.81. The fourth-order valence-electron chi connectivity index (χ4n) is 4.24. The zero-order valence-electron chi connectivity index (χ0n) is 10.9. The van der Waals surface area contributed by atoms with Crippen molar-refractivity contribution in [3.63, 3.8) is 0 Å². The number of benzene rings is 1. The van der Waals surface area contributed by atoms with Crippen molar-refractivity contribution in [1.82, 2.24) is 0 Å². The van der Waals surface area contributed by atoms with Crippen LogP contribution in [-0.2, 0) is 9.59 Å². The van der Waals surface area contributed by atoms with Gasteiger partial charge in [0.05, 0.1) is 17.5 Å². The molecule has 0 spiro atoms. The average molecular weight is 415 g/mol. The Morgan fingerprint density at radius 2 is 1.62 bits per heavy atom. The second kappa shape index (κ2) is 4.56. The number of imide groups is 1. The Bertz CT molecular complexity index is 618. The highest BCUT2D eigenvalue weighted by atomic mass is 79.9. The molecule has 2 saturated carbocycles. The minimum Gasteiger partial charge on any atom is -0.508 e. The van der Waals surface area contributed by atoms with Crippen LogP contribution in [0.25, 0.3) is 0 Å². The molecule has 2 amide bonds. The smallest absolute Gasteiger partial charge is 0.238 e. The van der Waals surface area contributed by atoms with Crippen LogP contribution in [0.2, 0.25) is 0 Å². The minimum atomic E-state index is -0.219. The Hall–Kier alpha value is -0.880. The highest BCUT2D eigenvalue weighted by molar-refractivity contribution is 9.12.